The van der Waals surface area contributed by atoms with Gasteiger partial charge in [0, 0.05) is 25.1 Å². The van der Waals surface area contributed by atoms with Gasteiger partial charge < -0.3 is 10.6 Å². The van der Waals surface area contributed by atoms with E-state index in [9.17, 15) is 14.9 Å². The molecule has 3 rings (SSSR count). The van der Waals surface area contributed by atoms with Crippen LogP contribution in [0.1, 0.15) is 35.8 Å². The van der Waals surface area contributed by atoms with Crippen molar-refractivity contribution in [3.8, 4) is 6.07 Å². The summed E-state index contributed by atoms with van der Waals surface area (Å²) >= 11 is 9.72. The highest BCUT2D eigenvalue weighted by Gasteiger charge is 2.34. The van der Waals surface area contributed by atoms with Gasteiger partial charge in [-0.3, -0.25) is 9.59 Å². The molecular formula is C23H21Br2N3O2S2. The van der Waals surface area contributed by atoms with E-state index in [0.717, 1.165) is 24.9 Å². The highest BCUT2D eigenvalue weighted by Crippen LogP contribution is 2.43. The number of ketones is 1. The molecule has 0 bridgehead atoms. The maximum absolute atomic E-state index is 12.7. The summed E-state index contributed by atoms with van der Waals surface area (Å²) in [5, 5.41) is 18.7. The molecule has 166 valence electrons. The number of hydrogen-bond donors (Lipinski definition) is 2. The number of Topliss-reactive ketones (excluding diaryl/α,β-unsaturated/α-hetero) is 1. The third-order valence-electron chi connectivity index (χ3n) is 4.93. The van der Waals surface area contributed by atoms with Crippen LogP contribution in [0, 0.1) is 25.2 Å². The lowest BCUT2D eigenvalue weighted by Crippen LogP contribution is -2.27. The van der Waals surface area contributed by atoms with Gasteiger partial charge in [-0.2, -0.15) is 5.26 Å². The Balaban J connectivity index is 1.86. The van der Waals surface area contributed by atoms with Crippen LogP contribution in [0.2, 0.25) is 0 Å². The van der Waals surface area contributed by atoms with Crippen LogP contribution in [0.5, 0.6) is 0 Å². The number of carbonyl (C=O) groups excluding carboxylic acids is 2. The van der Waals surface area contributed by atoms with Gasteiger partial charge in [0.05, 0.1) is 34.0 Å². The molecule has 1 aliphatic rings. The topological polar surface area (TPSA) is 82.0 Å². The van der Waals surface area contributed by atoms with Gasteiger partial charge in [-0.1, -0.05) is 27.7 Å². The van der Waals surface area contributed by atoms with Crippen molar-refractivity contribution >= 4 is 72.3 Å². The number of carbonyl (C=O) groups is 2. The van der Waals surface area contributed by atoms with E-state index in [-0.39, 0.29) is 17.4 Å². The molecule has 1 atom stereocenters. The Morgan fingerprint density at radius 1 is 1.25 bits per heavy atom. The molecule has 32 heavy (non-hydrogen) atoms. The summed E-state index contributed by atoms with van der Waals surface area (Å²) in [6.07, 6.45) is 0. The number of nitrogens with one attached hydrogen (secondary N) is 2. The van der Waals surface area contributed by atoms with Gasteiger partial charge in [0.15, 0.2) is 5.78 Å². The van der Waals surface area contributed by atoms with Crippen molar-refractivity contribution in [3.63, 3.8) is 0 Å². The van der Waals surface area contributed by atoms with Crippen LogP contribution in [-0.4, -0.2) is 17.4 Å². The van der Waals surface area contributed by atoms with Crippen LogP contribution < -0.4 is 10.6 Å². The lowest BCUT2D eigenvalue weighted by molar-refractivity contribution is -0.114. The van der Waals surface area contributed by atoms with E-state index in [2.05, 4.69) is 48.6 Å². The summed E-state index contributed by atoms with van der Waals surface area (Å²) in [7, 11) is 0. The maximum atomic E-state index is 12.7. The Bertz CT molecular complexity index is 1190. The van der Waals surface area contributed by atoms with E-state index in [0.29, 0.717) is 27.6 Å². The maximum Gasteiger partial charge on any atom is 0.234 e. The number of thiophene rings is 1. The first kappa shape index (κ1) is 24.8. The second-order valence-electron chi connectivity index (χ2n) is 7.45. The predicted molar refractivity (Wildman–Crippen MR) is 139 cm³/mol. The molecule has 0 aliphatic carbocycles. The lowest BCUT2D eigenvalue weighted by atomic mass is 9.85. The van der Waals surface area contributed by atoms with Crippen LogP contribution in [0.3, 0.4) is 0 Å². The van der Waals surface area contributed by atoms with Crippen LogP contribution in [0.15, 0.2) is 54.4 Å². The number of thioether (sulfide) groups is 1. The number of aryl methyl sites for hydroxylation is 2. The van der Waals surface area contributed by atoms with E-state index in [1.807, 2.05) is 44.4 Å². The van der Waals surface area contributed by atoms with Crippen molar-refractivity contribution in [1.29, 1.82) is 5.26 Å². The van der Waals surface area contributed by atoms with E-state index in [1.54, 1.807) is 0 Å². The fourth-order valence-corrected chi connectivity index (χ4v) is 7.00. The number of benzene rings is 1. The zero-order chi connectivity index (χ0) is 23.6. The molecule has 5 nitrogen and oxygen atoms in total. The smallest absolute Gasteiger partial charge is 0.234 e. The van der Waals surface area contributed by atoms with Gasteiger partial charge in [-0.25, -0.2) is 0 Å². The van der Waals surface area contributed by atoms with Gasteiger partial charge >= 0.3 is 0 Å². The lowest BCUT2D eigenvalue weighted by Gasteiger charge is -2.28. The van der Waals surface area contributed by atoms with Crippen LogP contribution in [0.25, 0.3) is 0 Å². The number of nitrogens with zero attached hydrogens (tertiary/aromatic N) is 1. The summed E-state index contributed by atoms with van der Waals surface area (Å²) in [5.41, 5.74) is 4.49. The fourth-order valence-electron chi connectivity index (χ4n) is 3.56. The highest BCUT2D eigenvalue weighted by molar-refractivity contribution is 9.11. The Hall–Kier alpha value is -1.86. The minimum Gasteiger partial charge on any atom is -0.353 e. The Morgan fingerprint density at radius 3 is 2.53 bits per heavy atom. The zero-order valence-corrected chi connectivity index (χ0v) is 22.7. The predicted octanol–water partition coefficient (Wildman–Crippen LogP) is 6.55. The first-order valence-electron chi connectivity index (χ1n) is 9.68. The SMILES string of the molecule is CC(=O)C1=C(C)NC(SCC(=O)Nc2c(C)cc(Br)cc2Br)=C(C#N)[C@@H]1c1cc(C)cs1. The van der Waals surface area contributed by atoms with Gasteiger partial charge in [-0.15, -0.1) is 11.3 Å². The number of amides is 1. The van der Waals surface area contributed by atoms with Crippen LogP contribution in [-0.2, 0) is 9.59 Å². The summed E-state index contributed by atoms with van der Waals surface area (Å²) in [6, 6.07) is 8.10. The summed E-state index contributed by atoms with van der Waals surface area (Å²) in [5.74, 6) is -0.564. The number of allylic oxidation sites excluding steroid dienone is 3. The van der Waals surface area contributed by atoms with E-state index >= 15 is 0 Å². The molecule has 1 amide bonds. The second kappa shape index (κ2) is 10.4. The standard InChI is InChI=1S/C23H21Br2N3O2S2/c1-11-5-18(31-9-11)21-16(8-26)23(27-13(3)20(21)14(4)29)32-10-19(30)28-22-12(2)6-15(24)7-17(22)25/h5-7,9,21,27H,10H2,1-4H3,(H,28,30)/t21-/m1/s1. The largest absolute Gasteiger partial charge is 0.353 e. The molecular weight excluding hydrogens is 574 g/mol. The molecule has 1 aliphatic heterocycles. The Labute approximate surface area is 212 Å². The number of anilines is 1. The quantitative estimate of drug-likeness (QED) is 0.396. The molecule has 2 aromatic rings. The van der Waals surface area contributed by atoms with Crippen molar-refractivity contribution in [1.82, 2.24) is 5.32 Å². The van der Waals surface area contributed by atoms with Crippen molar-refractivity contribution < 1.29 is 9.59 Å². The van der Waals surface area contributed by atoms with Crippen molar-refractivity contribution in [2.24, 2.45) is 0 Å². The molecule has 2 heterocycles. The average Bonchev–Trinajstić information content (AvgIpc) is 3.14. The van der Waals surface area contributed by atoms with Crippen LogP contribution >= 0.6 is 55.0 Å². The number of hydrogen-bond acceptors (Lipinski definition) is 6. The summed E-state index contributed by atoms with van der Waals surface area (Å²) in [4.78, 5) is 26.1. The minimum absolute atomic E-state index is 0.0730. The molecule has 0 radical (unpaired) electrons. The van der Waals surface area contributed by atoms with E-state index in [4.69, 9.17) is 0 Å². The van der Waals surface area contributed by atoms with Crippen molar-refractivity contribution in [3.05, 3.63) is 70.4 Å². The first-order valence-corrected chi connectivity index (χ1v) is 13.1. The number of halogens is 2. The van der Waals surface area contributed by atoms with Crippen molar-refractivity contribution in [2.75, 3.05) is 11.1 Å². The molecule has 1 aromatic carbocycles. The van der Waals surface area contributed by atoms with E-state index < -0.39 is 5.92 Å². The van der Waals surface area contributed by atoms with Gasteiger partial charge in [0.25, 0.3) is 0 Å². The molecule has 2 N–H and O–H groups in total. The first-order chi connectivity index (χ1) is 15.1. The van der Waals surface area contributed by atoms with Crippen molar-refractivity contribution in [2.45, 2.75) is 33.6 Å². The third-order valence-corrected chi connectivity index (χ3v) is 8.14. The van der Waals surface area contributed by atoms with Gasteiger partial charge in [0.1, 0.15) is 0 Å². The highest BCUT2D eigenvalue weighted by atomic mass is 79.9. The number of rotatable bonds is 6. The molecule has 9 heteroatoms. The van der Waals surface area contributed by atoms with E-state index in [1.165, 1.54) is 30.0 Å². The molecule has 0 spiro atoms. The number of dihydropyridines is 1. The van der Waals surface area contributed by atoms with Gasteiger partial charge in [-0.05, 0) is 78.3 Å². The molecule has 0 fully saturated rings. The monoisotopic (exact) mass is 593 g/mol. The molecule has 0 saturated heterocycles. The number of nitriles is 1. The molecule has 0 saturated carbocycles. The zero-order valence-electron chi connectivity index (χ0n) is 17.9. The summed E-state index contributed by atoms with van der Waals surface area (Å²) in [6.45, 7) is 7.26. The minimum atomic E-state index is -0.425. The third kappa shape index (κ3) is 5.37. The normalized spacial score (nSPS) is 16.0. The van der Waals surface area contributed by atoms with Gasteiger partial charge in [0.2, 0.25) is 5.91 Å². The Morgan fingerprint density at radius 2 is 1.97 bits per heavy atom. The molecule has 1 aromatic heterocycles. The summed E-state index contributed by atoms with van der Waals surface area (Å²) < 4.78 is 1.70. The Kier molecular flexibility index (Phi) is 8.04. The molecule has 0 unspecified atom stereocenters. The van der Waals surface area contributed by atoms with Crippen LogP contribution in [0.4, 0.5) is 5.69 Å². The fraction of sp³-hybridized carbons (Fsp3) is 0.261. The second-order valence-corrected chi connectivity index (χ2v) is 11.1. The average molecular weight is 595 g/mol.